The quantitative estimate of drug-likeness (QED) is 0.777. The molecule has 0 spiro atoms. The van der Waals surface area contributed by atoms with Crippen LogP contribution in [0, 0.1) is 0 Å². The molecule has 0 atom stereocenters. The third kappa shape index (κ3) is 2.25. The van der Waals surface area contributed by atoms with Crippen LogP contribution >= 0.6 is 0 Å². The second kappa shape index (κ2) is 5.46. The van der Waals surface area contributed by atoms with Crippen LogP contribution in [0.3, 0.4) is 0 Å². The Morgan fingerprint density at radius 3 is 2.77 bits per heavy atom. The first-order valence-electron chi connectivity index (χ1n) is 7.65. The predicted octanol–water partition coefficient (Wildman–Crippen LogP) is 2.28. The molecule has 2 aromatic heterocycles. The molecular weight excluding hydrogens is 278 g/mol. The van der Waals surface area contributed by atoms with E-state index < -0.39 is 0 Å². The summed E-state index contributed by atoms with van der Waals surface area (Å²) in [6.07, 6.45) is 1.98. The van der Waals surface area contributed by atoms with Crippen molar-refractivity contribution in [3.63, 3.8) is 0 Å². The zero-order valence-corrected chi connectivity index (χ0v) is 12.3. The molecule has 22 heavy (non-hydrogen) atoms. The summed E-state index contributed by atoms with van der Waals surface area (Å²) in [6, 6.07) is 10.3. The Labute approximate surface area is 128 Å². The van der Waals surface area contributed by atoms with Crippen LogP contribution in [0.25, 0.3) is 11.0 Å². The SMILES string of the molecule is Nc1[nH]nc2c1c(C1CCOCC1)nn2Cc1ccccc1. The zero-order valence-electron chi connectivity index (χ0n) is 12.3. The van der Waals surface area contributed by atoms with Crippen molar-refractivity contribution in [1.29, 1.82) is 0 Å². The van der Waals surface area contributed by atoms with E-state index >= 15 is 0 Å². The lowest BCUT2D eigenvalue weighted by Crippen LogP contribution is -2.15. The van der Waals surface area contributed by atoms with E-state index in [-0.39, 0.29) is 0 Å². The van der Waals surface area contributed by atoms with Gasteiger partial charge in [-0.2, -0.15) is 10.2 Å². The van der Waals surface area contributed by atoms with Gasteiger partial charge >= 0.3 is 0 Å². The largest absolute Gasteiger partial charge is 0.383 e. The molecule has 6 nitrogen and oxygen atoms in total. The average molecular weight is 297 g/mol. The summed E-state index contributed by atoms with van der Waals surface area (Å²) in [4.78, 5) is 0. The van der Waals surface area contributed by atoms with Gasteiger partial charge in [0.25, 0.3) is 0 Å². The van der Waals surface area contributed by atoms with Crippen LogP contribution in [-0.4, -0.2) is 33.2 Å². The number of rotatable bonds is 3. The second-order valence-electron chi connectivity index (χ2n) is 5.75. The number of nitrogens with zero attached hydrogens (tertiary/aromatic N) is 3. The van der Waals surface area contributed by atoms with Gasteiger partial charge in [-0.05, 0) is 18.4 Å². The van der Waals surface area contributed by atoms with E-state index in [4.69, 9.17) is 15.6 Å². The molecule has 1 aliphatic rings. The van der Waals surface area contributed by atoms with Crippen molar-refractivity contribution < 1.29 is 4.74 Å². The normalized spacial score (nSPS) is 16.4. The minimum atomic E-state index is 0.396. The number of fused-ring (bicyclic) bond motifs is 1. The van der Waals surface area contributed by atoms with Gasteiger partial charge in [0.1, 0.15) is 5.82 Å². The number of aromatic amines is 1. The first kappa shape index (κ1) is 13.3. The van der Waals surface area contributed by atoms with E-state index in [1.54, 1.807) is 0 Å². The highest BCUT2D eigenvalue weighted by Gasteiger charge is 2.25. The number of ether oxygens (including phenoxy) is 1. The minimum Gasteiger partial charge on any atom is -0.383 e. The minimum absolute atomic E-state index is 0.396. The highest BCUT2D eigenvalue weighted by molar-refractivity contribution is 5.89. The van der Waals surface area contributed by atoms with Gasteiger partial charge in [0.15, 0.2) is 5.65 Å². The summed E-state index contributed by atoms with van der Waals surface area (Å²) < 4.78 is 7.40. The van der Waals surface area contributed by atoms with Gasteiger partial charge in [-0.3, -0.25) is 5.10 Å². The molecule has 3 N–H and O–H groups in total. The Bertz CT molecular complexity index is 771. The van der Waals surface area contributed by atoms with Crippen molar-refractivity contribution in [3.8, 4) is 0 Å². The lowest BCUT2D eigenvalue weighted by atomic mass is 9.95. The molecule has 4 rings (SSSR count). The van der Waals surface area contributed by atoms with Gasteiger partial charge in [-0.1, -0.05) is 30.3 Å². The first-order valence-corrected chi connectivity index (χ1v) is 7.65. The summed E-state index contributed by atoms with van der Waals surface area (Å²) in [5.41, 5.74) is 9.18. The third-order valence-corrected chi connectivity index (χ3v) is 4.29. The van der Waals surface area contributed by atoms with Gasteiger partial charge < -0.3 is 10.5 Å². The van der Waals surface area contributed by atoms with E-state index in [9.17, 15) is 0 Å². The fraction of sp³-hybridized carbons (Fsp3) is 0.375. The predicted molar refractivity (Wildman–Crippen MR) is 84.6 cm³/mol. The molecule has 1 fully saturated rings. The summed E-state index contributed by atoms with van der Waals surface area (Å²) >= 11 is 0. The molecule has 0 aliphatic carbocycles. The summed E-state index contributed by atoms with van der Waals surface area (Å²) in [5, 5.41) is 13.0. The van der Waals surface area contributed by atoms with Crippen LogP contribution in [0.15, 0.2) is 30.3 Å². The van der Waals surface area contributed by atoms with Gasteiger partial charge in [-0.25, -0.2) is 4.68 Å². The number of benzene rings is 1. The van der Waals surface area contributed by atoms with E-state index in [1.807, 2.05) is 22.9 Å². The Balaban J connectivity index is 1.76. The fourth-order valence-corrected chi connectivity index (χ4v) is 3.14. The highest BCUT2D eigenvalue weighted by atomic mass is 16.5. The first-order chi connectivity index (χ1) is 10.8. The maximum absolute atomic E-state index is 6.09. The Morgan fingerprint density at radius 2 is 2.00 bits per heavy atom. The molecule has 0 amide bonds. The molecule has 6 heteroatoms. The maximum atomic E-state index is 6.09. The van der Waals surface area contributed by atoms with Crippen molar-refractivity contribution in [2.45, 2.75) is 25.3 Å². The summed E-state index contributed by atoms with van der Waals surface area (Å²) in [6.45, 7) is 2.27. The molecule has 3 heterocycles. The number of nitrogens with two attached hydrogens (primary N) is 1. The van der Waals surface area contributed by atoms with Crippen molar-refractivity contribution in [3.05, 3.63) is 41.6 Å². The molecule has 1 saturated heterocycles. The highest BCUT2D eigenvalue weighted by Crippen LogP contribution is 2.33. The van der Waals surface area contributed by atoms with Crippen LogP contribution in [0.4, 0.5) is 5.82 Å². The van der Waals surface area contributed by atoms with Crippen LogP contribution < -0.4 is 5.73 Å². The van der Waals surface area contributed by atoms with Crippen molar-refractivity contribution in [1.82, 2.24) is 20.0 Å². The number of anilines is 1. The van der Waals surface area contributed by atoms with Crippen LogP contribution in [-0.2, 0) is 11.3 Å². The van der Waals surface area contributed by atoms with Crippen molar-refractivity contribution in [2.75, 3.05) is 18.9 Å². The van der Waals surface area contributed by atoms with Crippen LogP contribution in [0.1, 0.15) is 30.0 Å². The molecule has 114 valence electrons. The zero-order chi connectivity index (χ0) is 14.9. The smallest absolute Gasteiger partial charge is 0.182 e. The second-order valence-corrected chi connectivity index (χ2v) is 5.75. The number of nitrogen functional groups attached to an aromatic ring is 1. The molecule has 3 aromatic rings. The Hall–Kier alpha value is -2.34. The number of hydrogen-bond acceptors (Lipinski definition) is 4. The van der Waals surface area contributed by atoms with Crippen molar-refractivity contribution >= 4 is 16.9 Å². The number of H-pyrrole nitrogens is 1. The standard InChI is InChI=1S/C16H19N5O/c17-15-13-14(12-6-8-22-9-7-12)20-21(16(13)19-18-15)10-11-4-2-1-3-5-11/h1-5,12H,6-10H2,(H3,17,18,19). The molecular formula is C16H19N5O. The number of nitrogens with one attached hydrogen (secondary N) is 1. The average Bonchev–Trinajstić information content (AvgIpc) is 3.11. The van der Waals surface area contributed by atoms with E-state index in [1.165, 1.54) is 5.56 Å². The van der Waals surface area contributed by atoms with E-state index in [0.717, 1.165) is 42.8 Å². The summed E-state index contributed by atoms with van der Waals surface area (Å²) in [7, 11) is 0. The topological polar surface area (TPSA) is 81.8 Å². The van der Waals surface area contributed by atoms with Gasteiger partial charge in [-0.15, -0.1) is 0 Å². The number of hydrogen-bond donors (Lipinski definition) is 2. The Kier molecular flexibility index (Phi) is 3.31. The molecule has 0 saturated carbocycles. The van der Waals surface area contributed by atoms with Gasteiger partial charge in [0, 0.05) is 19.1 Å². The van der Waals surface area contributed by atoms with Gasteiger partial charge in [0.2, 0.25) is 0 Å². The molecule has 1 aliphatic heterocycles. The van der Waals surface area contributed by atoms with E-state index in [2.05, 4.69) is 22.3 Å². The lowest BCUT2D eigenvalue weighted by Gasteiger charge is -2.20. The molecule has 0 unspecified atom stereocenters. The third-order valence-electron chi connectivity index (χ3n) is 4.29. The molecule has 0 radical (unpaired) electrons. The van der Waals surface area contributed by atoms with Gasteiger partial charge in [0.05, 0.1) is 17.6 Å². The molecule has 1 aromatic carbocycles. The summed E-state index contributed by atoms with van der Waals surface area (Å²) in [5.74, 6) is 1.00. The van der Waals surface area contributed by atoms with Crippen LogP contribution in [0.2, 0.25) is 0 Å². The fourth-order valence-electron chi connectivity index (χ4n) is 3.14. The monoisotopic (exact) mass is 297 g/mol. The number of aromatic nitrogens is 4. The maximum Gasteiger partial charge on any atom is 0.182 e. The van der Waals surface area contributed by atoms with E-state index in [0.29, 0.717) is 18.3 Å². The van der Waals surface area contributed by atoms with Crippen molar-refractivity contribution in [2.24, 2.45) is 0 Å². The molecule has 0 bridgehead atoms. The Morgan fingerprint density at radius 1 is 1.23 bits per heavy atom. The van der Waals surface area contributed by atoms with Crippen LogP contribution in [0.5, 0.6) is 0 Å². The lowest BCUT2D eigenvalue weighted by molar-refractivity contribution is 0.0846.